The zero-order valence-corrected chi connectivity index (χ0v) is 46.8. The number of rotatable bonds is 10. The minimum absolute atomic E-state index is 0.228. The van der Waals surface area contributed by atoms with Crippen LogP contribution in [-0.2, 0) is 0 Å². The van der Waals surface area contributed by atoms with E-state index in [9.17, 15) is 0 Å². The van der Waals surface area contributed by atoms with E-state index >= 15 is 0 Å². The second-order valence-electron chi connectivity index (χ2n) is 22.6. The van der Waals surface area contributed by atoms with Gasteiger partial charge in [-0.2, -0.15) is 0 Å². The summed E-state index contributed by atoms with van der Waals surface area (Å²) in [5.41, 5.74) is 20.9. The number of hydrogen-bond acceptors (Lipinski definition) is 4. The molecular formula is C78H58N6. The summed E-state index contributed by atoms with van der Waals surface area (Å²) in [5, 5.41) is 8.62. The number of aromatic nitrogens is 4. The standard InChI is InChI=1S/C78H58N6/c1-51-18-15-28-67-66-27-9-12-31-73(66)83(78(51)67)60-46-44-59(45-47-60)81(71-34-16-21-53-19-3-5-23-62(53)71)57-40-36-55(37-41-57)76-77(80-69-30-11-10-29-68(69)79-76)56-38-42-58(43-39-56)82(72-35-17-22-54-20-4-6-24-63(54)72)61-48-49-70(52(2)50-61)84-74-32-13-7-25-64(74)65-26-8-14-33-75(65)84/h3-17,19-49,51-52H,18,50H2,1-2H3. The fourth-order valence-corrected chi connectivity index (χ4v) is 13.6. The van der Waals surface area contributed by atoms with E-state index in [0.29, 0.717) is 5.92 Å². The van der Waals surface area contributed by atoms with Crippen LogP contribution >= 0.6 is 0 Å². The van der Waals surface area contributed by atoms with Crippen LogP contribution in [0.3, 0.4) is 0 Å². The number of hydrogen-bond donors (Lipinski definition) is 0. The van der Waals surface area contributed by atoms with Crippen LogP contribution < -0.4 is 9.80 Å². The number of nitrogens with zero attached hydrogens (tertiary/aromatic N) is 6. The van der Waals surface area contributed by atoms with Crippen LogP contribution in [0, 0.1) is 5.92 Å². The minimum atomic E-state index is 0.228. The van der Waals surface area contributed by atoms with Gasteiger partial charge in [-0.25, -0.2) is 9.97 Å². The highest BCUT2D eigenvalue weighted by atomic mass is 15.2. The van der Waals surface area contributed by atoms with Crippen molar-refractivity contribution in [2.75, 3.05) is 9.80 Å². The van der Waals surface area contributed by atoms with E-state index in [1.807, 2.05) is 12.1 Å². The lowest BCUT2D eigenvalue weighted by atomic mass is 9.93. The van der Waals surface area contributed by atoms with Crippen LogP contribution in [0.2, 0.25) is 0 Å². The Bertz CT molecular complexity index is 4940. The Balaban J connectivity index is 0.787. The van der Waals surface area contributed by atoms with Gasteiger partial charge in [-0.3, -0.25) is 0 Å². The molecule has 0 N–H and O–H groups in total. The molecule has 14 aromatic rings. The number of benzene rings is 11. The molecule has 0 spiro atoms. The Morgan fingerprint density at radius 2 is 0.845 bits per heavy atom. The summed E-state index contributed by atoms with van der Waals surface area (Å²) < 4.78 is 4.96. The van der Waals surface area contributed by atoms with Crippen molar-refractivity contribution in [3.63, 3.8) is 0 Å². The molecule has 6 nitrogen and oxygen atoms in total. The minimum Gasteiger partial charge on any atom is -0.314 e. The zero-order valence-electron chi connectivity index (χ0n) is 46.8. The van der Waals surface area contributed by atoms with Crippen LogP contribution in [0.5, 0.6) is 0 Å². The van der Waals surface area contributed by atoms with E-state index in [-0.39, 0.29) is 5.92 Å². The fourth-order valence-electron chi connectivity index (χ4n) is 13.6. The summed E-state index contributed by atoms with van der Waals surface area (Å²) in [7, 11) is 0. The van der Waals surface area contributed by atoms with Gasteiger partial charge in [0.1, 0.15) is 0 Å². The van der Waals surface area contributed by atoms with Crippen molar-refractivity contribution in [2.24, 2.45) is 5.92 Å². The van der Waals surface area contributed by atoms with Crippen molar-refractivity contribution in [1.82, 2.24) is 19.1 Å². The van der Waals surface area contributed by atoms with Crippen LogP contribution in [-0.4, -0.2) is 19.1 Å². The first-order valence-corrected chi connectivity index (χ1v) is 29.3. The first kappa shape index (κ1) is 49.3. The van der Waals surface area contributed by atoms with Crippen molar-refractivity contribution in [3.8, 4) is 28.2 Å². The average Bonchev–Trinajstić information content (AvgIpc) is 3.08. The van der Waals surface area contributed by atoms with Crippen LogP contribution in [0.15, 0.2) is 279 Å². The van der Waals surface area contributed by atoms with Gasteiger partial charge < -0.3 is 18.9 Å². The topological polar surface area (TPSA) is 42.1 Å². The summed E-state index contributed by atoms with van der Waals surface area (Å²) in [5.74, 6) is 0.632. The Morgan fingerprint density at radius 1 is 0.393 bits per heavy atom. The van der Waals surface area contributed by atoms with E-state index in [1.54, 1.807) is 0 Å². The van der Waals surface area contributed by atoms with Crippen molar-refractivity contribution in [3.05, 3.63) is 290 Å². The third-order valence-corrected chi connectivity index (χ3v) is 17.5. The van der Waals surface area contributed by atoms with E-state index < -0.39 is 0 Å². The van der Waals surface area contributed by atoms with Gasteiger partial charge in [-0.1, -0.05) is 190 Å². The molecule has 2 atom stereocenters. The molecule has 16 rings (SSSR count). The van der Waals surface area contributed by atoms with E-state index in [4.69, 9.17) is 9.97 Å². The van der Waals surface area contributed by atoms with Gasteiger partial charge in [0.2, 0.25) is 0 Å². The Hall–Kier alpha value is -10.6. The fraction of sp³-hybridized carbons (Fsp3) is 0.0769. The zero-order chi connectivity index (χ0) is 55.8. The molecule has 0 fully saturated rings. The second kappa shape index (κ2) is 20.2. The lowest BCUT2D eigenvalue weighted by Gasteiger charge is -2.33. The molecule has 84 heavy (non-hydrogen) atoms. The Kier molecular flexibility index (Phi) is 11.8. The molecular weight excluding hydrogens is 1020 g/mol. The molecule has 0 amide bonds. The van der Waals surface area contributed by atoms with Crippen LogP contribution in [0.1, 0.15) is 43.9 Å². The van der Waals surface area contributed by atoms with Crippen LogP contribution in [0.4, 0.5) is 28.4 Å². The lowest BCUT2D eigenvalue weighted by molar-refractivity contribution is 0.689. The summed E-state index contributed by atoms with van der Waals surface area (Å²) in [6.07, 6.45) is 11.2. The van der Waals surface area contributed by atoms with Gasteiger partial charge in [0.25, 0.3) is 0 Å². The molecule has 0 saturated heterocycles. The SMILES string of the molecule is CC1CC(N(c2ccc(-c3nc4ccccc4nc3-c3ccc(N(c4ccc(-n5c6c(c7ccccc75)C=CCC6C)cc4)c4cccc5ccccc45)cc3)cc2)c2cccc3ccccc23)=CC=C1n1c2ccccc2c2ccccc21. The lowest BCUT2D eigenvalue weighted by Crippen LogP contribution is -2.22. The number of fused-ring (bicyclic) bond motifs is 9. The smallest absolute Gasteiger partial charge is 0.0973 e. The largest absolute Gasteiger partial charge is 0.314 e. The third-order valence-electron chi connectivity index (χ3n) is 17.5. The Morgan fingerprint density at radius 3 is 1.40 bits per heavy atom. The summed E-state index contributed by atoms with van der Waals surface area (Å²) in [6.45, 7) is 4.71. The summed E-state index contributed by atoms with van der Waals surface area (Å²) in [6, 6.07) is 92.3. The predicted octanol–water partition coefficient (Wildman–Crippen LogP) is 20.9. The van der Waals surface area contributed by atoms with Gasteiger partial charge in [-0.05, 0) is 127 Å². The number of anilines is 5. The monoisotopic (exact) mass is 1080 g/mol. The number of para-hydroxylation sites is 5. The molecule has 11 aromatic carbocycles. The average molecular weight is 1080 g/mol. The molecule has 6 heteroatoms. The predicted molar refractivity (Wildman–Crippen MR) is 353 cm³/mol. The van der Waals surface area contributed by atoms with Crippen molar-refractivity contribution in [1.29, 1.82) is 0 Å². The maximum absolute atomic E-state index is 5.42. The molecule has 3 aromatic heterocycles. The molecule has 0 saturated carbocycles. The third kappa shape index (κ3) is 8.16. The maximum atomic E-state index is 5.42. The highest BCUT2D eigenvalue weighted by Crippen LogP contribution is 2.46. The molecule has 0 bridgehead atoms. The molecule has 400 valence electrons. The molecule has 3 heterocycles. The summed E-state index contributed by atoms with van der Waals surface area (Å²) in [4.78, 5) is 15.7. The van der Waals surface area contributed by atoms with E-state index in [1.165, 1.54) is 76.9 Å². The molecule has 2 aliphatic carbocycles. The Labute approximate surface area is 488 Å². The van der Waals surface area contributed by atoms with Crippen LogP contribution in [0.25, 0.3) is 105 Å². The van der Waals surface area contributed by atoms with Gasteiger partial charge in [-0.15, -0.1) is 0 Å². The molecule has 0 aliphatic heterocycles. The maximum Gasteiger partial charge on any atom is 0.0973 e. The molecule has 0 radical (unpaired) electrons. The van der Waals surface area contributed by atoms with E-state index in [2.05, 4.69) is 300 Å². The normalized spacial score (nSPS) is 15.0. The quantitative estimate of drug-likeness (QED) is 0.137. The second-order valence-corrected chi connectivity index (χ2v) is 22.6. The molecule has 2 unspecified atom stereocenters. The van der Waals surface area contributed by atoms with Gasteiger partial charge >= 0.3 is 0 Å². The van der Waals surface area contributed by atoms with Gasteiger partial charge in [0.15, 0.2) is 0 Å². The molecule has 2 aliphatic rings. The van der Waals surface area contributed by atoms with Gasteiger partial charge in [0.05, 0.1) is 50.3 Å². The van der Waals surface area contributed by atoms with Crippen molar-refractivity contribution < 1.29 is 0 Å². The first-order valence-electron chi connectivity index (χ1n) is 29.3. The van der Waals surface area contributed by atoms with Crippen molar-refractivity contribution >= 4 is 105 Å². The van der Waals surface area contributed by atoms with E-state index in [0.717, 1.165) is 80.5 Å². The van der Waals surface area contributed by atoms with Crippen molar-refractivity contribution in [2.45, 2.75) is 32.6 Å². The highest BCUT2D eigenvalue weighted by molar-refractivity contribution is 6.10. The number of allylic oxidation sites excluding steroid dienone is 5. The van der Waals surface area contributed by atoms with Gasteiger partial charge in [0, 0.05) is 95.3 Å². The first-order chi connectivity index (χ1) is 41.5. The summed E-state index contributed by atoms with van der Waals surface area (Å²) >= 11 is 0. The highest BCUT2D eigenvalue weighted by Gasteiger charge is 2.28.